The van der Waals surface area contributed by atoms with Crippen molar-refractivity contribution in [3.05, 3.63) is 29.8 Å². The Labute approximate surface area is 148 Å². The summed E-state index contributed by atoms with van der Waals surface area (Å²) < 4.78 is 15.7. The molecule has 3 rings (SSSR count). The molecule has 2 amide bonds. The van der Waals surface area contributed by atoms with E-state index in [-0.39, 0.29) is 18.2 Å². The van der Waals surface area contributed by atoms with E-state index in [1.807, 2.05) is 12.1 Å². The summed E-state index contributed by atoms with van der Waals surface area (Å²) >= 11 is 0. The SMILES string of the molecule is COc1ccc(C(CNC(=O)NCC2COCO2)N2CCCC2)cc1. The lowest BCUT2D eigenvalue weighted by Crippen LogP contribution is -2.44. The Kier molecular flexibility index (Phi) is 6.49. The number of carbonyl (C=O) groups excluding carboxylic acids is 1. The van der Waals surface area contributed by atoms with Crippen LogP contribution in [0.3, 0.4) is 0 Å². The number of rotatable bonds is 7. The normalized spacial score (nSPS) is 21.9. The fraction of sp³-hybridized carbons (Fsp3) is 0.611. The first-order valence-corrected chi connectivity index (χ1v) is 8.85. The monoisotopic (exact) mass is 349 g/mol. The third-order valence-corrected chi connectivity index (χ3v) is 4.72. The number of hydrogen-bond acceptors (Lipinski definition) is 5. The molecule has 138 valence electrons. The van der Waals surface area contributed by atoms with Gasteiger partial charge in [0.05, 0.1) is 19.8 Å². The smallest absolute Gasteiger partial charge is 0.314 e. The van der Waals surface area contributed by atoms with Gasteiger partial charge in [0.25, 0.3) is 0 Å². The molecule has 0 bridgehead atoms. The van der Waals surface area contributed by atoms with Crippen molar-refractivity contribution in [2.75, 3.05) is 46.7 Å². The lowest BCUT2D eigenvalue weighted by Gasteiger charge is -2.28. The Balaban J connectivity index is 1.54. The van der Waals surface area contributed by atoms with Gasteiger partial charge in [-0.3, -0.25) is 4.90 Å². The summed E-state index contributed by atoms with van der Waals surface area (Å²) in [5.41, 5.74) is 1.19. The van der Waals surface area contributed by atoms with E-state index < -0.39 is 0 Å². The van der Waals surface area contributed by atoms with E-state index in [0.29, 0.717) is 26.5 Å². The van der Waals surface area contributed by atoms with Crippen molar-refractivity contribution in [1.29, 1.82) is 0 Å². The standard InChI is InChI=1S/C18H27N3O4/c1-23-15-6-4-14(5-7-15)17(21-8-2-3-9-21)11-20-18(22)19-10-16-12-24-13-25-16/h4-7,16-17H,2-3,8-13H2,1H3,(H2,19,20,22). The molecule has 0 aromatic heterocycles. The first-order chi connectivity index (χ1) is 12.3. The number of hydrogen-bond donors (Lipinski definition) is 2. The Hall–Kier alpha value is -1.83. The van der Waals surface area contributed by atoms with Crippen molar-refractivity contribution in [3.8, 4) is 5.75 Å². The maximum absolute atomic E-state index is 12.1. The van der Waals surface area contributed by atoms with Gasteiger partial charge in [0.15, 0.2) is 0 Å². The fourth-order valence-corrected chi connectivity index (χ4v) is 3.29. The number of urea groups is 1. The molecule has 2 aliphatic rings. The summed E-state index contributed by atoms with van der Waals surface area (Å²) in [6.07, 6.45) is 2.36. The molecule has 2 heterocycles. The van der Waals surface area contributed by atoms with Crippen molar-refractivity contribution in [2.45, 2.75) is 25.0 Å². The van der Waals surface area contributed by atoms with Crippen LogP contribution in [0.5, 0.6) is 5.75 Å². The molecule has 2 atom stereocenters. The van der Waals surface area contributed by atoms with Crippen LogP contribution in [0.2, 0.25) is 0 Å². The molecule has 7 nitrogen and oxygen atoms in total. The highest BCUT2D eigenvalue weighted by molar-refractivity contribution is 5.73. The molecule has 2 N–H and O–H groups in total. The van der Waals surface area contributed by atoms with Gasteiger partial charge in [0.2, 0.25) is 0 Å². The zero-order chi connectivity index (χ0) is 17.5. The first-order valence-electron chi connectivity index (χ1n) is 8.85. The van der Waals surface area contributed by atoms with Crippen LogP contribution in [0.1, 0.15) is 24.4 Å². The Bertz CT molecular complexity index is 540. The van der Waals surface area contributed by atoms with Crippen molar-refractivity contribution in [1.82, 2.24) is 15.5 Å². The van der Waals surface area contributed by atoms with E-state index in [0.717, 1.165) is 18.8 Å². The van der Waals surface area contributed by atoms with Crippen molar-refractivity contribution in [3.63, 3.8) is 0 Å². The predicted molar refractivity (Wildman–Crippen MR) is 93.6 cm³/mol. The Morgan fingerprint density at radius 2 is 2.04 bits per heavy atom. The predicted octanol–water partition coefficient (Wildman–Crippen LogP) is 1.50. The van der Waals surface area contributed by atoms with Crippen LogP contribution in [0.4, 0.5) is 4.79 Å². The number of carbonyl (C=O) groups is 1. The van der Waals surface area contributed by atoms with Crippen molar-refractivity contribution < 1.29 is 19.0 Å². The summed E-state index contributed by atoms with van der Waals surface area (Å²) in [5.74, 6) is 0.841. The van der Waals surface area contributed by atoms with Crippen LogP contribution in [-0.4, -0.2) is 63.7 Å². The van der Waals surface area contributed by atoms with E-state index in [1.54, 1.807) is 7.11 Å². The fourth-order valence-electron chi connectivity index (χ4n) is 3.29. The van der Waals surface area contributed by atoms with Gasteiger partial charge < -0.3 is 24.8 Å². The van der Waals surface area contributed by atoms with E-state index in [9.17, 15) is 4.79 Å². The molecular weight excluding hydrogens is 322 g/mol. The molecule has 2 saturated heterocycles. The molecule has 1 aromatic carbocycles. The number of amides is 2. The highest BCUT2D eigenvalue weighted by Crippen LogP contribution is 2.26. The second-order valence-electron chi connectivity index (χ2n) is 6.40. The van der Waals surface area contributed by atoms with Gasteiger partial charge in [-0.2, -0.15) is 0 Å². The topological polar surface area (TPSA) is 72.1 Å². The summed E-state index contributed by atoms with van der Waals surface area (Å²) in [4.78, 5) is 14.5. The van der Waals surface area contributed by atoms with Crippen LogP contribution in [0.25, 0.3) is 0 Å². The number of likely N-dealkylation sites (tertiary alicyclic amines) is 1. The quantitative estimate of drug-likeness (QED) is 0.781. The van der Waals surface area contributed by atoms with Gasteiger partial charge in [-0.25, -0.2) is 4.79 Å². The van der Waals surface area contributed by atoms with Crippen LogP contribution < -0.4 is 15.4 Å². The minimum atomic E-state index is -0.173. The molecule has 2 unspecified atom stereocenters. The number of ether oxygens (including phenoxy) is 3. The average molecular weight is 349 g/mol. The van der Waals surface area contributed by atoms with Gasteiger partial charge in [0, 0.05) is 13.1 Å². The third kappa shape index (κ3) is 5.07. The van der Waals surface area contributed by atoms with E-state index >= 15 is 0 Å². The van der Waals surface area contributed by atoms with Gasteiger partial charge in [-0.1, -0.05) is 12.1 Å². The lowest BCUT2D eigenvalue weighted by atomic mass is 10.1. The maximum Gasteiger partial charge on any atom is 0.314 e. The molecule has 0 saturated carbocycles. The zero-order valence-electron chi connectivity index (χ0n) is 14.7. The van der Waals surface area contributed by atoms with Gasteiger partial charge >= 0.3 is 6.03 Å². The van der Waals surface area contributed by atoms with Crippen LogP contribution in [0, 0.1) is 0 Å². The third-order valence-electron chi connectivity index (χ3n) is 4.72. The van der Waals surface area contributed by atoms with Crippen molar-refractivity contribution in [2.24, 2.45) is 0 Å². The molecule has 1 aromatic rings. The molecule has 0 aliphatic carbocycles. The van der Waals surface area contributed by atoms with Gasteiger partial charge in [-0.05, 0) is 43.6 Å². The Morgan fingerprint density at radius 1 is 1.28 bits per heavy atom. The minimum absolute atomic E-state index is 0.0540. The summed E-state index contributed by atoms with van der Waals surface area (Å²) in [6, 6.07) is 8.08. The van der Waals surface area contributed by atoms with Gasteiger partial charge in [-0.15, -0.1) is 0 Å². The van der Waals surface area contributed by atoms with E-state index in [1.165, 1.54) is 18.4 Å². The number of benzene rings is 1. The molecule has 2 aliphatic heterocycles. The highest BCUT2D eigenvalue weighted by atomic mass is 16.7. The number of methoxy groups -OCH3 is 1. The number of nitrogens with zero attached hydrogens (tertiary/aromatic N) is 1. The van der Waals surface area contributed by atoms with Crippen LogP contribution >= 0.6 is 0 Å². The Morgan fingerprint density at radius 3 is 2.68 bits per heavy atom. The second kappa shape index (κ2) is 9.03. The molecular formula is C18H27N3O4. The summed E-state index contributed by atoms with van der Waals surface area (Å²) in [6.45, 7) is 3.99. The highest BCUT2D eigenvalue weighted by Gasteiger charge is 2.24. The van der Waals surface area contributed by atoms with Crippen molar-refractivity contribution >= 4 is 6.03 Å². The van der Waals surface area contributed by atoms with Crippen LogP contribution in [0.15, 0.2) is 24.3 Å². The molecule has 2 fully saturated rings. The largest absolute Gasteiger partial charge is 0.497 e. The molecule has 7 heteroatoms. The number of nitrogens with one attached hydrogen (secondary N) is 2. The zero-order valence-corrected chi connectivity index (χ0v) is 14.7. The average Bonchev–Trinajstić information content (AvgIpc) is 3.35. The van der Waals surface area contributed by atoms with Gasteiger partial charge in [0.1, 0.15) is 18.6 Å². The molecule has 0 radical (unpaired) electrons. The van der Waals surface area contributed by atoms with E-state index in [4.69, 9.17) is 14.2 Å². The van der Waals surface area contributed by atoms with Crippen LogP contribution in [-0.2, 0) is 9.47 Å². The minimum Gasteiger partial charge on any atom is -0.497 e. The molecule has 0 spiro atoms. The molecule has 25 heavy (non-hydrogen) atoms. The maximum atomic E-state index is 12.1. The second-order valence-corrected chi connectivity index (χ2v) is 6.40. The summed E-state index contributed by atoms with van der Waals surface area (Å²) in [5, 5.41) is 5.84. The lowest BCUT2D eigenvalue weighted by molar-refractivity contribution is 0.0475. The first kappa shape index (κ1) is 18.0. The summed E-state index contributed by atoms with van der Waals surface area (Å²) in [7, 11) is 1.66. The van der Waals surface area contributed by atoms with E-state index in [2.05, 4.69) is 27.7 Å².